The minimum atomic E-state index is -4.57. The van der Waals surface area contributed by atoms with Gasteiger partial charge in [-0.15, -0.1) is 0 Å². The molecule has 0 heterocycles. The monoisotopic (exact) mass is 432 g/mol. The molecule has 0 saturated carbocycles. The number of hydrogen-bond acceptors (Lipinski definition) is 5. The number of anilines is 1. The zero-order valence-electron chi connectivity index (χ0n) is 15.8. The van der Waals surface area contributed by atoms with Gasteiger partial charge in [0.05, 0.1) is 26.3 Å². The highest BCUT2D eigenvalue weighted by Crippen LogP contribution is 2.31. The molecule has 7 nitrogen and oxygen atoms in total. The van der Waals surface area contributed by atoms with Crippen LogP contribution in [0.25, 0.3) is 0 Å². The van der Waals surface area contributed by atoms with Gasteiger partial charge in [-0.25, -0.2) is 8.42 Å². The van der Waals surface area contributed by atoms with Crippen molar-refractivity contribution in [3.63, 3.8) is 0 Å². The fourth-order valence-electron chi connectivity index (χ4n) is 2.41. The Bertz CT molecular complexity index is 993. The first-order valence-electron chi connectivity index (χ1n) is 8.14. The van der Waals surface area contributed by atoms with Gasteiger partial charge in [-0.05, 0) is 30.3 Å². The molecule has 2 aromatic rings. The molecule has 0 saturated heterocycles. The second kappa shape index (κ2) is 8.70. The van der Waals surface area contributed by atoms with E-state index in [4.69, 9.17) is 9.47 Å². The third-order valence-electron chi connectivity index (χ3n) is 3.90. The van der Waals surface area contributed by atoms with Crippen LogP contribution in [0.3, 0.4) is 0 Å². The fraction of sp³-hybridized carbons (Fsp3) is 0.278. The number of sulfonamides is 1. The van der Waals surface area contributed by atoms with Crippen LogP contribution < -0.4 is 14.8 Å². The average Bonchev–Trinajstić information content (AvgIpc) is 2.66. The Hall–Kier alpha value is -2.79. The van der Waals surface area contributed by atoms with Gasteiger partial charge in [-0.1, -0.05) is 6.07 Å². The van der Waals surface area contributed by atoms with Crippen LogP contribution in [-0.2, 0) is 21.0 Å². The maximum atomic E-state index is 12.8. The van der Waals surface area contributed by atoms with E-state index in [0.29, 0.717) is 0 Å². The maximum Gasteiger partial charge on any atom is 0.416 e. The number of likely N-dealkylation sites (N-methyl/N-ethyl adjacent to an activating group) is 1. The predicted octanol–water partition coefficient (Wildman–Crippen LogP) is 2.98. The van der Waals surface area contributed by atoms with Gasteiger partial charge in [0, 0.05) is 18.8 Å². The van der Waals surface area contributed by atoms with Crippen LogP contribution in [0, 0.1) is 0 Å². The van der Waals surface area contributed by atoms with Gasteiger partial charge in [-0.2, -0.15) is 17.5 Å². The molecule has 0 aliphatic heterocycles. The number of amides is 1. The third-order valence-corrected chi connectivity index (χ3v) is 5.72. The lowest BCUT2D eigenvalue weighted by Gasteiger charge is -2.19. The molecule has 0 aliphatic rings. The minimum Gasteiger partial charge on any atom is -0.497 e. The first kappa shape index (κ1) is 22.5. The number of nitrogens with one attached hydrogen (secondary N) is 1. The van der Waals surface area contributed by atoms with Gasteiger partial charge in [-0.3, -0.25) is 4.79 Å². The number of methoxy groups -OCH3 is 2. The van der Waals surface area contributed by atoms with Crippen LogP contribution in [0.15, 0.2) is 47.4 Å². The highest BCUT2D eigenvalue weighted by molar-refractivity contribution is 7.89. The average molecular weight is 432 g/mol. The summed E-state index contributed by atoms with van der Waals surface area (Å²) >= 11 is 0. The van der Waals surface area contributed by atoms with Crippen molar-refractivity contribution in [2.45, 2.75) is 11.1 Å². The molecule has 2 rings (SSSR count). The molecule has 0 bridgehead atoms. The van der Waals surface area contributed by atoms with Crippen molar-refractivity contribution in [2.75, 3.05) is 33.1 Å². The smallest absolute Gasteiger partial charge is 0.416 e. The van der Waals surface area contributed by atoms with Crippen LogP contribution in [0.1, 0.15) is 5.56 Å². The molecule has 1 amide bonds. The standard InChI is InChI=1S/C18H19F3N2O5S/c1-23(29(25,26)16-10-14(27-2)7-8-15(16)28-3)11-17(24)22-13-6-4-5-12(9-13)18(19,20)21/h4-10H,11H2,1-3H3,(H,22,24). The number of rotatable bonds is 7. The van der Waals surface area contributed by atoms with Crippen molar-refractivity contribution in [1.82, 2.24) is 4.31 Å². The largest absolute Gasteiger partial charge is 0.497 e. The first-order valence-corrected chi connectivity index (χ1v) is 9.58. The maximum absolute atomic E-state index is 12.8. The van der Waals surface area contributed by atoms with Crippen molar-refractivity contribution in [2.24, 2.45) is 0 Å². The van der Waals surface area contributed by atoms with Gasteiger partial charge in [0.1, 0.15) is 16.4 Å². The third kappa shape index (κ3) is 5.39. The van der Waals surface area contributed by atoms with Crippen molar-refractivity contribution >= 4 is 21.6 Å². The van der Waals surface area contributed by atoms with E-state index in [-0.39, 0.29) is 22.1 Å². The summed E-state index contributed by atoms with van der Waals surface area (Å²) < 4.78 is 74.8. The quantitative estimate of drug-likeness (QED) is 0.727. The summed E-state index contributed by atoms with van der Waals surface area (Å²) in [4.78, 5) is 12.0. The van der Waals surface area contributed by atoms with Crippen LogP contribution in [0.5, 0.6) is 11.5 Å². The number of halogens is 3. The van der Waals surface area contributed by atoms with E-state index in [9.17, 15) is 26.4 Å². The van der Waals surface area contributed by atoms with E-state index in [1.165, 1.54) is 45.5 Å². The van der Waals surface area contributed by atoms with Gasteiger partial charge < -0.3 is 14.8 Å². The SMILES string of the molecule is COc1ccc(OC)c(S(=O)(=O)N(C)CC(=O)Nc2cccc(C(F)(F)F)c2)c1. The summed E-state index contributed by atoms with van der Waals surface area (Å²) in [7, 11) is -0.321. The molecule has 0 aliphatic carbocycles. The Kier molecular flexibility index (Phi) is 6.75. The lowest BCUT2D eigenvalue weighted by Crippen LogP contribution is -2.35. The molecule has 11 heteroatoms. The Morgan fingerprint density at radius 1 is 1.10 bits per heavy atom. The molecule has 0 aromatic heterocycles. The molecule has 0 spiro atoms. The van der Waals surface area contributed by atoms with Crippen molar-refractivity contribution in [3.8, 4) is 11.5 Å². The minimum absolute atomic E-state index is 0.0518. The van der Waals surface area contributed by atoms with Crippen molar-refractivity contribution < 1.29 is 35.9 Å². The number of benzene rings is 2. The molecule has 0 radical (unpaired) electrons. The second-order valence-electron chi connectivity index (χ2n) is 5.90. The summed E-state index contributed by atoms with van der Waals surface area (Å²) in [5.41, 5.74) is -1.04. The molecular formula is C18H19F3N2O5S. The highest BCUT2D eigenvalue weighted by atomic mass is 32.2. The summed E-state index contributed by atoms with van der Waals surface area (Å²) in [6.45, 7) is -0.626. The number of ether oxygens (including phenoxy) is 2. The van der Waals surface area contributed by atoms with Crippen LogP contribution in [0.4, 0.5) is 18.9 Å². The predicted molar refractivity (Wildman–Crippen MR) is 99.4 cm³/mol. The fourth-order valence-corrected chi connectivity index (χ4v) is 3.71. The van der Waals surface area contributed by atoms with Gasteiger partial charge in [0.25, 0.3) is 0 Å². The molecule has 158 valence electrons. The number of carbonyl (C=O) groups is 1. The van der Waals surface area contributed by atoms with Crippen LogP contribution >= 0.6 is 0 Å². The summed E-state index contributed by atoms with van der Waals surface area (Å²) in [5, 5.41) is 2.26. The number of hydrogen-bond donors (Lipinski definition) is 1. The van der Waals surface area contributed by atoms with Gasteiger partial charge >= 0.3 is 6.18 Å². The Morgan fingerprint density at radius 2 is 1.79 bits per heavy atom. The molecule has 29 heavy (non-hydrogen) atoms. The Morgan fingerprint density at radius 3 is 2.38 bits per heavy atom. The lowest BCUT2D eigenvalue weighted by molar-refractivity contribution is -0.137. The van der Waals surface area contributed by atoms with E-state index >= 15 is 0 Å². The first-order chi connectivity index (χ1) is 13.5. The van der Waals surface area contributed by atoms with Crippen molar-refractivity contribution in [1.29, 1.82) is 0 Å². The second-order valence-corrected chi connectivity index (χ2v) is 7.92. The molecule has 0 unspecified atom stereocenters. The van der Waals surface area contributed by atoms with Gasteiger partial charge in [0.2, 0.25) is 15.9 Å². The summed E-state index contributed by atoms with van der Waals surface area (Å²) in [5.74, 6) is -0.487. The topological polar surface area (TPSA) is 84.9 Å². The Labute approximate surface area is 166 Å². The van der Waals surface area contributed by atoms with E-state index in [1.807, 2.05) is 0 Å². The number of alkyl halides is 3. The zero-order valence-corrected chi connectivity index (χ0v) is 16.6. The van der Waals surface area contributed by atoms with E-state index < -0.39 is 34.2 Å². The highest BCUT2D eigenvalue weighted by Gasteiger charge is 2.31. The van der Waals surface area contributed by atoms with E-state index in [0.717, 1.165) is 22.5 Å². The van der Waals surface area contributed by atoms with E-state index in [1.54, 1.807) is 0 Å². The van der Waals surface area contributed by atoms with Crippen molar-refractivity contribution in [3.05, 3.63) is 48.0 Å². The van der Waals surface area contributed by atoms with Crippen LogP contribution in [0.2, 0.25) is 0 Å². The molecular weight excluding hydrogens is 413 g/mol. The summed E-state index contributed by atoms with van der Waals surface area (Å²) in [6, 6.07) is 8.20. The zero-order chi connectivity index (χ0) is 21.8. The Balaban J connectivity index is 2.19. The van der Waals surface area contributed by atoms with Gasteiger partial charge in [0.15, 0.2) is 0 Å². The van der Waals surface area contributed by atoms with E-state index in [2.05, 4.69) is 5.32 Å². The molecule has 0 atom stereocenters. The molecule has 0 fully saturated rings. The molecule has 2 aromatic carbocycles. The summed E-state index contributed by atoms with van der Waals surface area (Å²) in [6.07, 6.45) is -4.57. The number of carbonyl (C=O) groups excluding carboxylic acids is 1. The number of nitrogens with zero attached hydrogens (tertiary/aromatic N) is 1. The van der Waals surface area contributed by atoms with Crippen LogP contribution in [-0.4, -0.2) is 46.4 Å². The lowest BCUT2D eigenvalue weighted by atomic mass is 10.2. The normalized spacial score (nSPS) is 12.0. The molecule has 1 N–H and O–H groups in total.